The summed E-state index contributed by atoms with van der Waals surface area (Å²) in [6.07, 6.45) is 1.89. The second-order valence-electron chi connectivity index (χ2n) is 9.46. The van der Waals surface area contributed by atoms with Gasteiger partial charge in [0.2, 0.25) is 0 Å². The quantitative estimate of drug-likeness (QED) is 0.142. The van der Waals surface area contributed by atoms with Crippen LogP contribution in [0.1, 0.15) is 16.7 Å². The Morgan fingerprint density at radius 2 is 1.02 bits per heavy atom. The van der Waals surface area contributed by atoms with Gasteiger partial charge in [-0.25, -0.2) is 5.01 Å². The molecule has 5 heteroatoms. The van der Waals surface area contributed by atoms with Crippen LogP contribution in [0, 0.1) is 13.8 Å². The van der Waals surface area contributed by atoms with Crippen LogP contribution in [0.25, 0.3) is 0 Å². The molecular formula is C35H33N3O2. The number of aryl methyl sites for hydroxylation is 2. The van der Waals surface area contributed by atoms with Crippen LogP contribution in [-0.2, 0) is 0 Å². The molecular weight excluding hydrogens is 494 g/mol. The fourth-order valence-electron chi connectivity index (χ4n) is 4.67. The van der Waals surface area contributed by atoms with Crippen molar-refractivity contribution in [1.29, 1.82) is 0 Å². The van der Waals surface area contributed by atoms with E-state index in [9.17, 15) is 0 Å². The van der Waals surface area contributed by atoms with Crippen molar-refractivity contribution in [3.8, 4) is 11.5 Å². The average Bonchev–Trinajstić information content (AvgIpc) is 3.00. The first kappa shape index (κ1) is 26.6. The van der Waals surface area contributed by atoms with Crippen molar-refractivity contribution in [2.24, 2.45) is 5.10 Å². The zero-order valence-corrected chi connectivity index (χ0v) is 23.3. The Morgan fingerprint density at radius 1 is 0.550 bits per heavy atom. The lowest BCUT2D eigenvalue weighted by Crippen LogP contribution is -2.13. The summed E-state index contributed by atoms with van der Waals surface area (Å²) in [6, 6.07) is 41.1. The zero-order chi connectivity index (χ0) is 27.9. The predicted octanol–water partition coefficient (Wildman–Crippen LogP) is 8.96. The maximum atomic E-state index is 5.47. The first-order chi connectivity index (χ1) is 19.6. The van der Waals surface area contributed by atoms with Gasteiger partial charge in [0.05, 0.1) is 31.8 Å². The predicted molar refractivity (Wildman–Crippen MR) is 166 cm³/mol. The van der Waals surface area contributed by atoms with Crippen LogP contribution in [0.5, 0.6) is 11.5 Å². The fourth-order valence-corrected chi connectivity index (χ4v) is 4.67. The molecule has 0 heterocycles. The first-order valence-corrected chi connectivity index (χ1v) is 13.2. The smallest absolute Gasteiger partial charge is 0.119 e. The molecule has 0 amide bonds. The second kappa shape index (κ2) is 12.2. The maximum absolute atomic E-state index is 5.47. The molecule has 0 radical (unpaired) electrons. The lowest BCUT2D eigenvalue weighted by molar-refractivity contribution is 0.414. The van der Waals surface area contributed by atoms with E-state index in [0.29, 0.717) is 0 Å². The number of methoxy groups -OCH3 is 2. The standard InChI is InChI=1S/C35H33N3O2/c1-26-23-32(39-3)19-21-34(26)37(35-22-20-33(40-4)24-27(35)2)29-17-15-28(16-18-29)25-36-38(30-11-7-5-8-12-30)31-13-9-6-10-14-31/h5-25H,1-4H3. The third-order valence-corrected chi connectivity index (χ3v) is 6.76. The molecule has 0 N–H and O–H groups in total. The minimum absolute atomic E-state index is 0.834. The van der Waals surface area contributed by atoms with Gasteiger partial charge >= 0.3 is 0 Å². The fraction of sp³-hybridized carbons (Fsp3) is 0.114. The third kappa shape index (κ3) is 5.84. The largest absolute Gasteiger partial charge is 0.497 e. The molecule has 0 bridgehead atoms. The van der Waals surface area contributed by atoms with Crippen molar-refractivity contribution >= 4 is 34.7 Å². The molecule has 5 aromatic carbocycles. The zero-order valence-electron chi connectivity index (χ0n) is 23.3. The lowest BCUT2D eigenvalue weighted by atomic mass is 10.1. The van der Waals surface area contributed by atoms with Gasteiger partial charge in [-0.15, -0.1) is 0 Å². The van der Waals surface area contributed by atoms with E-state index in [2.05, 4.69) is 91.5 Å². The normalized spacial score (nSPS) is 10.9. The highest BCUT2D eigenvalue weighted by atomic mass is 16.5. The molecule has 5 aromatic rings. The Labute approximate surface area is 236 Å². The van der Waals surface area contributed by atoms with Crippen LogP contribution in [0.2, 0.25) is 0 Å². The summed E-state index contributed by atoms with van der Waals surface area (Å²) in [4.78, 5) is 2.27. The molecule has 0 aliphatic rings. The van der Waals surface area contributed by atoms with Gasteiger partial charge in [-0.1, -0.05) is 48.5 Å². The van der Waals surface area contributed by atoms with Crippen LogP contribution in [-0.4, -0.2) is 20.4 Å². The highest BCUT2D eigenvalue weighted by Gasteiger charge is 2.17. The summed E-state index contributed by atoms with van der Waals surface area (Å²) in [5.41, 5.74) is 8.42. The minimum atomic E-state index is 0.834. The Balaban J connectivity index is 1.51. The Kier molecular flexibility index (Phi) is 8.12. The molecule has 0 aromatic heterocycles. The number of ether oxygens (including phenoxy) is 2. The molecule has 200 valence electrons. The van der Waals surface area contributed by atoms with Gasteiger partial charge in [0.25, 0.3) is 0 Å². The molecule has 0 atom stereocenters. The van der Waals surface area contributed by atoms with Gasteiger partial charge in [0.1, 0.15) is 11.5 Å². The van der Waals surface area contributed by atoms with E-state index in [1.165, 1.54) is 0 Å². The molecule has 0 saturated heterocycles. The van der Waals surface area contributed by atoms with Crippen molar-refractivity contribution in [3.05, 3.63) is 138 Å². The Hall–Kier alpha value is -5.03. The van der Waals surface area contributed by atoms with E-state index in [-0.39, 0.29) is 0 Å². The lowest BCUT2D eigenvalue weighted by Gasteiger charge is -2.29. The van der Waals surface area contributed by atoms with Crippen LogP contribution in [0.3, 0.4) is 0 Å². The van der Waals surface area contributed by atoms with Crippen LogP contribution >= 0.6 is 0 Å². The highest BCUT2D eigenvalue weighted by Crippen LogP contribution is 2.40. The molecule has 5 nitrogen and oxygen atoms in total. The molecule has 0 unspecified atom stereocenters. The molecule has 0 aliphatic carbocycles. The number of anilines is 5. The Morgan fingerprint density at radius 3 is 1.45 bits per heavy atom. The van der Waals surface area contributed by atoms with Crippen molar-refractivity contribution in [2.45, 2.75) is 13.8 Å². The SMILES string of the molecule is COc1ccc(N(c2ccc(C=NN(c3ccccc3)c3ccccc3)cc2)c2ccc(OC)cc2C)c(C)c1. The summed E-state index contributed by atoms with van der Waals surface area (Å²) in [6.45, 7) is 4.21. The summed E-state index contributed by atoms with van der Waals surface area (Å²) < 4.78 is 10.9. The van der Waals surface area contributed by atoms with Gasteiger partial charge in [-0.3, -0.25) is 0 Å². The molecule has 0 spiro atoms. The van der Waals surface area contributed by atoms with Gasteiger partial charge in [0, 0.05) is 17.1 Å². The number of hydrazone groups is 1. The third-order valence-electron chi connectivity index (χ3n) is 6.76. The topological polar surface area (TPSA) is 37.3 Å². The number of rotatable bonds is 9. The highest BCUT2D eigenvalue weighted by molar-refractivity contribution is 5.85. The molecule has 0 fully saturated rings. The second-order valence-corrected chi connectivity index (χ2v) is 9.46. The van der Waals surface area contributed by atoms with E-state index in [1.807, 2.05) is 59.8 Å². The van der Waals surface area contributed by atoms with E-state index < -0.39 is 0 Å². The summed E-state index contributed by atoms with van der Waals surface area (Å²) in [7, 11) is 3.38. The number of hydrogen-bond donors (Lipinski definition) is 0. The van der Waals surface area contributed by atoms with Crippen molar-refractivity contribution in [1.82, 2.24) is 0 Å². The van der Waals surface area contributed by atoms with Gasteiger partial charge < -0.3 is 14.4 Å². The van der Waals surface area contributed by atoms with E-state index in [0.717, 1.165) is 56.6 Å². The summed E-state index contributed by atoms with van der Waals surface area (Å²) in [5.74, 6) is 1.67. The summed E-state index contributed by atoms with van der Waals surface area (Å²) in [5, 5.41) is 6.80. The van der Waals surface area contributed by atoms with Gasteiger partial charge in [-0.05, 0) is 103 Å². The van der Waals surface area contributed by atoms with Crippen LogP contribution in [0.4, 0.5) is 28.4 Å². The van der Waals surface area contributed by atoms with E-state index in [4.69, 9.17) is 14.6 Å². The molecule has 5 rings (SSSR count). The average molecular weight is 528 g/mol. The monoisotopic (exact) mass is 527 g/mol. The molecule has 40 heavy (non-hydrogen) atoms. The van der Waals surface area contributed by atoms with Crippen LogP contribution in [0.15, 0.2) is 126 Å². The van der Waals surface area contributed by atoms with Gasteiger partial charge in [-0.2, -0.15) is 5.10 Å². The van der Waals surface area contributed by atoms with Crippen molar-refractivity contribution < 1.29 is 9.47 Å². The van der Waals surface area contributed by atoms with Crippen molar-refractivity contribution in [3.63, 3.8) is 0 Å². The number of benzene rings is 5. The minimum Gasteiger partial charge on any atom is -0.497 e. The number of hydrogen-bond acceptors (Lipinski definition) is 5. The molecule has 0 saturated carbocycles. The van der Waals surface area contributed by atoms with E-state index in [1.54, 1.807) is 14.2 Å². The first-order valence-electron chi connectivity index (χ1n) is 13.2. The Bertz CT molecular complexity index is 1490. The maximum Gasteiger partial charge on any atom is 0.119 e. The number of para-hydroxylation sites is 2. The van der Waals surface area contributed by atoms with E-state index >= 15 is 0 Å². The number of nitrogens with zero attached hydrogens (tertiary/aromatic N) is 3. The van der Waals surface area contributed by atoms with Crippen LogP contribution < -0.4 is 19.4 Å². The van der Waals surface area contributed by atoms with Gasteiger partial charge in [0.15, 0.2) is 0 Å². The summed E-state index contributed by atoms with van der Waals surface area (Å²) >= 11 is 0. The molecule has 0 aliphatic heterocycles. The van der Waals surface area contributed by atoms with Crippen molar-refractivity contribution in [2.75, 3.05) is 24.1 Å².